The maximum atomic E-state index is 11.2. The van der Waals surface area contributed by atoms with E-state index in [0.29, 0.717) is 19.1 Å². The molecule has 1 fully saturated rings. The van der Waals surface area contributed by atoms with Crippen molar-refractivity contribution < 1.29 is 14.3 Å². The lowest BCUT2D eigenvalue weighted by Crippen LogP contribution is -2.41. The fraction of sp³-hybridized carbons (Fsp3) is 0.500. The molecule has 1 unspecified atom stereocenters. The second-order valence-corrected chi connectivity index (χ2v) is 6.74. The Bertz CT molecular complexity index is 647. The summed E-state index contributed by atoms with van der Waals surface area (Å²) in [5.41, 5.74) is 6.75. The highest BCUT2D eigenvalue weighted by atomic mass is 16.6. The van der Waals surface area contributed by atoms with Gasteiger partial charge in [-0.1, -0.05) is 18.2 Å². The van der Waals surface area contributed by atoms with Crippen LogP contribution in [0.1, 0.15) is 25.7 Å². The van der Waals surface area contributed by atoms with Crippen LogP contribution in [0.15, 0.2) is 42.1 Å². The minimum absolute atomic E-state index is 0.0573. The summed E-state index contributed by atoms with van der Waals surface area (Å²) in [5, 5.41) is 0. The predicted molar refractivity (Wildman–Crippen MR) is 100 cm³/mol. The van der Waals surface area contributed by atoms with Gasteiger partial charge in [0, 0.05) is 19.3 Å². The molecule has 1 aromatic heterocycles. The summed E-state index contributed by atoms with van der Waals surface area (Å²) in [4.78, 5) is 17.5. The Balaban J connectivity index is 0.000000167. The summed E-state index contributed by atoms with van der Waals surface area (Å²) >= 11 is 0. The summed E-state index contributed by atoms with van der Waals surface area (Å²) in [6.45, 7) is 4.12. The molecule has 0 bridgehead atoms. The Morgan fingerprint density at radius 1 is 1.31 bits per heavy atom. The first kappa shape index (κ1) is 18.5. The van der Waals surface area contributed by atoms with Crippen molar-refractivity contribution in [2.24, 2.45) is 11.7 Å². The van der Waals surface area contributed by atoms with E-state index in [9.17, 15) is 4.79 Å². The van der Waals surface area contributed by atoms with Crippen molar-refractivity contribution in [3.63, 3.8) is 0 Å². The Kier molecular flexibility index (Phi) is 6.66. The monoisotopic (exact) mass is 357 g/mol. The number of nitrogens with zero attached hydrogens (tertiary/aromatic N) is 2. The molecule has 2 N–H and O–H groups in total. The van der Waals surface area contributed by atoms with Gasteiger partial charge in [0.15, 0.2) is 5.75 Å². The van der Waals surface area contributed by atoms with Crippen LogP contribution >= 0.6 is 0 Å². The highest BCUT2D eigenvalue weighted by molar-refractivity contribution is 5.76. The molecule has 4 rings (SSSR count). The lowest BCUT2D eigenvalue weighted by Gasteiger charge is -2.31. The average molecular weight is 357 g/mol. The topological polar surface area (TPSA) is 77.7 Å². The van der Waals surface area contributed by atoms with E-state index in [1.807, 2.05) is 12.1 Å². The number of fused-ring (bicyclic) bond motifs is 1. The van der Waals surface area contributed by atoms with Gasteiger partial charge in [-0.2, -0.15) is 0 Å². The number of likely N-dealkylation sites (tertiary alicyclic amines) is 1. The van der Waals surface area contributed by atoms with Crippen LogP contribution in [0, 0.1) is 5.92 Å². The van der Waals surface area contributed by atoms with E-state index in [2.05, 4.69) is 28.1 Å². The van der Waals surface area contributed by atoms with Gasteiger partial charge in [0.1, 0.15) is 13.2 Å². The van der Waals surface area contributed by atoms with Crippen molar-refractivity contribution >= 4 is 5.91 Å². The molecule has 3 aliphatic rings. The van der Waals surface area contributed by atoms with Crippen LogP contribution in [0.4, 0.5) is 0 Å². The second-order valence-electron chi connectivity index (χ2n) is 6.74. The zero-order chi connectivity index (χ0) is 18.2. The number of nitrogens with two attached hydrogens (primary N) is 1. The Hall–Kier alpha value is -2.34. The number of primary amides is 1. The molecule has 1 atom stereocenters. The Labute approximate surface area is 154 Å². The number of allylic oxidation sites excluding steroid dienone is 2. The van der Waals surface area contributed by atoms with E-state index in [1.54, 1.807) is 6.20 Å². The van der Waals surface area contributed by atoms with Crippen LogP contribution in [0.25, 0.3) is 0 Å². The first-order valence-corrected chi connectivity index (χ1v) is 9.30. The van der Waals surface area contributed by atoms with Crippen molar-refractivity contribution in [1.29, 1.82) is 0 Å². The van der Waals surface area contributed by atoms with Gasteiger partial charge in [0.2, 0.25) is 5.91 Å². The number of ether oxygens (including phenoxy) is 2. The van der Waals surface area contributed by atoms with Crippen LogP contribution in [0.2, 0.25) is 0 Å². The molecule has 1 amide bonds. The molecule has 6 heteroatoms. The van der Waals surface area contributed by atoms with Crippen molar-refractivity contribution in [2.75, 3.05) is 32.8 Å². The number of hydrogen-bond acceptors (Lipinski definition) is 5. The molecule has 2 aliphatic heterocycles. The predicted octanol–water partition coefficient (Wildman–Crippen LogP) is 2.31. The van der Waals surface area contributed by atoms with Gasteiger partial charge in [-0.3, -0.25) is 9.69 Å². The molecule has 140 valence electrons. The minimum atomic E-state index is -0.141. The Morgan fingerprint density at radius 2 is 2.19 bits per heavy atom. The number of pyridine rings is 1. The number of aromatic nitrogens is 1. The summed E-state index contributed by atoms with van der Waals surface area (Å²) in [5.74, 6) is 1.27. The minimum Gasteiger partial charge on any atom is -0.484 e. The van der Waals surface area contributed by atoms with Crippen molar-refractivity contribution in [2.45, 2.75) is 25.7 Å². The van der Waals surface area contributed by atoms with Crippen molar-refractivity contribution in [1.82, 2.24) is 9.88 Å². The average Bonchev–Trinajstić information content (AvgIpc) is 2.69. The molecule has 1 aliphatic carbocycles. The van der Waals surface area contributed by atoms with Crippen LogP contribution in [0.3, 0.4) is 0 Å². The maximum absolute atomic E-state index is 11.2. The zero-order valence-electron chi connectivity index (χ0n) is 15.1. The van der Waals surface area contributed by atoms with Crippen LogP contribution < -0.4 is 15.2 Å². The van der Waals surface area contributed by atoms with E-state index >= 15 is 0 Å². The van der Waals surface area contributed by atoms with E-state index in [1.165, 1.54) is 5.57 Å². The molecule has 0 saturated carbocycles. The quantitative estimate of drug-likeness (QED) is 0.898. The largest absolute Gasteiger partial charge is 0.484 e. The fourth-order valence-electron chi connectivity index (χ4n) is 3.36. The number of hydrogen-bond donors (Lipinski definition) is 1. The number of rotatable bonds is 3. The molecule has 0 aromatic carbocycles. The first-order chi connectivity index (χ1) is 12.7. The maximum Gasteiger partial charge on any atom is 0.257 e. The van der Waals surface area contributed by atoms with Crippen LogP contribution in [-0.4, -0.2) is 48.6 Å². The van der Waals surface area contributed by atoms with Gasteiger partial charge in [-0.15, -0.1) is 0 Å². The zero-order valence-corrected chi connectivity index (χ0v) is 15.1. The molecule has 26 heavy (non-hydrogen) atoms. The van der Waals surface area contributed by atoms with Gasteiger partial charge in [-0.25, -0.2) is 4.98 Å². The Morgan fingerprint density at radius 3 is 2.96 bits per heavy atom. The highest BCUT2D eigenvalue weighted by Gasteiger charge is 2.23. The molecule has 6 nitrogen and oxygen atoms in total. The molecular weight excluding hydrogens is 330 g/mol. The fourth-order valence-corrected chi connectivity index (χ4v) is 3.36. The summed E-state index contributed by atoms with van der Waals surface area (Å²) in [6.07, 6.45) is 12.8. The van der Waals surface area contributed by atoms with E-state index < -0.39 is 0 Å². The molecule has 3 heterocycles. The molecular formula is C20H27N3O3. The molecule has 1 aromatic rings. The second kappa shape index (κ2) is 9.38. The number of piperidine rings is 1. The summed E-state index contributed by atoms with van der Waals surface area (Å²) in [6, 6.07) is 3.68. The van der Waals surface area contributed by atoms with E-state index in [0.717, 1.165) is 51.1 Å². The van der Waals surface area contributed by atoms with E-state index in [-0.39, 0.29) is 11.8 Å². The number of amides is 1. The lowest BCUT2D eigenvalue weighted by molar-refractivity contribution is -0.123. The third-order valence-corrected chi connectivity index (χ3v) is 4.70. The van der Waals surface area contributed by atoms with Gasteiger partial charge < -0.3 is 15.2 Å². The van der Waals surface area contributed by atoms with Crippen molar-refractivity contribution in [3.05, 3.63) is 42.1 Å². The van der Waals surface area contributed by atoms with Gasteiger partial charge in [0.25, 0.3) is 5.88 Å². The smallest absolute Gasteiger partial charge is 0.257 e. The normalized spacial score (nSPS) is 22.0. The van der Waals surface area contributed by atoms with Crippen LogP contribution in [0.5, 0.6) is 11.6 Å². The van der Waals surface area contributed by atoms with Gasteiger partial charge in [-0.05, 0) is 49.9 Å². The third-order valence-electron chi connectivity index (χ3n) is 4.70. The molecule has 1 saturated heterocycles. The highest BCUT2D eigenvalue weighted by Crippen LogP contribution is 2.25. The lowest BCUT2D eigenvalue weighted by atomic mass is 9.96. The van der Waals surface area contributed by atoms with Gasteiger partial charge >= 0.3 is 0 Å². The molecule has 0 spiro atoms. The van der Waals surface area contributed by atoms with Crippen LogP contribution in [-0.2, 0) is 4.79 Å². The van der Waals surface area contributed by atoms with Crippen molar-refractivity contribution in [3.8, 4) is 11.6 Å². The standard InChI is InChI=1S/C13H20N2O.C7H7NO2/c14-13(16)12-7-4-8-15(10-12)9-11-5-2-1-3-6-11;1-2-6-7(8-3-1)10-5-4-9-6/h2,5-6,12H,1,3-4,7-10H2,(H2,14,16);1-3H,4-5H2. The number of carbonyl (C=O) groups excluding carboxylic acids is 1. The number of carbonyl (C=O) groups is 1. The third kappa shape index (κ3) is 5.33. The first-order valence-electron chi connectivity index (χ1n) is 9.30. The van der Waals surface area contributed by atoms with E-state index in [4.69, 9.17) is 15.2 Å². The van der Waals surface area contributed by atoms with Gasteiger partial charge in [0.05, 0.1) is 5.92 Å². The SMILES string of the molecule is NC(=O)C1CCCN(CC2=CCCC=C2)C1.c1cnc2c(c1)OCCO2. The summed E-state index contributed by atoms with van der Waals surface area (Å²) < 4.78 is 10.4. The summed E-state index contributed by atoms with van der Waals surface area (Å²) in [7, 11) is 0. The molecule has 0 radical (unpaired) electrons.